The van der Waals surface area contributed by atoms with Gasteiger partial charge in [0.2, 0.25) is 0 Å². The molecule has 2 atom stereocenters. The summed E-state index contributed by atoms with van der Waals surface area (Å²) in [5.74, 6) is 1.71. The summed E-state index contributed by atoms with van der Waals surface area (Å²) < 4.78 is 16.6. The van der Waals surface area contributed by atoms with Gasteiger partial charge in [0.25, 0.3) is 0 Å². The highest BCUT2D eigenvalue weighted by Gasteiger charge is 2.45. The van der Waals surface area contributed by atoms with Gasteiger partial charge in [-0.2, -0.15) is 0 Å². The van der Waals surface area contributed by atoms with Crippen LogP contribution in [-0.2, 0) is 9.53 Å². The Labute approximate surface area is 201 Å². The highest BCUT2D eigenvalue weighted by atomic mass is 16.6. The number of benzene rings is 2. The maximum atomic E-state index is 12.1. The van der Waals surface area contributed by atoms with Gasteiger partial charge in [0.1, 0.15) is 11.5 Å². The zero-order valence-corrected chi connectivity index (χ0v) is 19.9. The van der Waals surface area contributed by atoms with E-state index in [1.54, 1.807) is 24.5 Å². The molecule has 6 heteroatoms. The molecule has 0 radical (unpaired) electrons. The van der Waals surface area contributed by atoms with Crippen LogP contribution in [0.3, 0.4) is 0 Å². The minimum atomic E-state index is -0.424. The van der Waals surface area contributed by atoms with Gasteiger partial charge in [-0.15, -0.1) is 0 Å². The Hall–Kier alpha value is -3.25. The zero-order valence-electron chi connectivity index (χ0n) is 19.9. The molecule has 178 valence electrons. The van der Waals surface area contributed by atoms with E-state index in [1.807, 2.05) is 36.4 Å². The molecule has 0 spiro atoms. The second-order valence-corrected chi connectivity index (χ2v) is 8.56. The van der Waals surface area contributed by atoms with Crippen molar-refractivity contribution in [3.63, 3.8) is 0 Å². The van der Waals surface area contributed by atoms with Crippen LogP contribution in [0, 0.1) is 0 Å². The van der Waals surface area contributed by atoms with Crippen LogP contribution in [0.1, 0.15) is 52.4 Å². The van der Waals surface area contributed by atoms with Crippen molar-refractivity contribution in [3.8, 4) is 34.0 Å². The van der Waals surface area contributed by atoms with Crippen molar-refractivity contribution in [2.24, 2.45) is 0 Å². The van der Waals surface area contributed by atoms with Crippen LogP contribution in [0.5, 0.6) is 11.5 Å². The van der Waals surface area contributed by atoms with Crippen molar-refractivity contribution in [1.29, 1.82) is 0 Å². The maximum absolute atomic E-state index is 12.1. The van der Waals surface area contributed by atoms with E-state index >= 15 is 0 Å². The van der Waals surface area contributed by atoms with Crippen molar-refractivity contribution in [1.82, 2.24) is 9.97 Å². The second-order valence-electron chi connectivity index (χ2n) is 8.56. The fourth-order valence-electron chi connectivity index (χ4n) is 3.79. The predicted octanol–water partition coefficient (Wildman–Crippen LogP) is 6.24. The third kappa shape index (κ3) is 6.41. The van der Waals surface area contributed by atoms with Gasteiger partial charge in [0, 0.05) is 23.5 Å². The van der Waals surface area contributed by atoms with E-state index in [0.29, 0.717) is 11.6 Å². The first-order valence-electron chi connectivity index (χ1n) is 12.2. The first-order chi connectivity index (χ1) is 16.7. The van der Waals surface area contributed by atoms with Gasteiger partial charge in [-0.1, -0.05) is 51.7 Å². The molecule has 3 aromatic rings. The third-order valence-corrected chi connectivity index (χ3v) is 5.83. The highest BCUT2D eigenvalue weighted by molar-refractivity contribution is 5.80. The minimum Gasteiger partial charge on any atom is -0.494 e. The van der Waals surface area contributed by atoms with Crippen LogP contribution in [0.25, 0.3) is 22.5 Å². The summed E-state index contributed by atoms with van der Waals surface area (Å²) in [6.45, 7) is 5.02. The van der Waals surface area contributed by atoms with E-state index in [2.05, 4.69) is 23.8 Å². The summed E-state index contributed by atoms with van der Waals surface area (Å²) in [6.07, 6.45) is 9.82. The summed E-state index contributed by atoms with van der Waals surface area (Å²) in [5, 5.41) is 0. The lowest BCUT2D eigenvalue weighted by Crippen LogP contribution is -2.17. The largest absolute Gasteiger partial charge is 0.494 e. The summed E-state index contributed by atoms with van der Waals surface area (Å²) in [7, 11) is 0. The van der Waals surface area contributed by atoms with Gasteiger partial charge >= 0.3 is 5.97 Å². The van der Waals surface area contributed by atoms with Gasteiger partial charge in [0.05, 0.1) is 12.7 Å². The fourth-order valence-corrected chi connectivity index (χ4v) is 3.79. The first-order valence-corrected chi connectivity index (χ1v) is 12.2. The average Bonchev–Trinajstić information content (AvgIpc) is 3.65. The Morgan fingerprint density at radius 2 is 1.50 bits per heavy atom. The summed E-state index contributed by atoms with van der Waals surface area (Å²) in [4.78, 5) is 21.2. The van der Waals surface area contributed by atoms with E-state index in [-0.39, 0.29) is 12.1 Å². The number of carbonyl (C=O) groups is 1. The van der Waals surface area contributed by atoms with Crippen LogP contribution in [0.4, 0.5) is 0 Å². The standard InChI is InChI=1S/C28H32N2O4/c1-3-5-6-7-17-32-23-13-11-21(12-14-23)27-29-18-22(19-30-27)20-9-15-24(16-10-20)33-28(31)26-25(34-26)8-4-2/h9-16,18-19,25-26H,3-8,17H2,1-2H3. The fraction of sp³-hybridized carbons (Fsp3) is 0.393. The molecule has 0 N–H and O–H groups in total. The zero-order chi connectivity index (χ0) is 23.8. The van der Waals surface area contributed by atoms with E-state index < -0.39 is 6.10 Å². The lowest BCUT2D eigenvalue weighted by atomic mass is 10.1. The number of nitrogens with zero attached hydrogens (tertiary/aromatic N) is 2. The van der Waals surface area contributed by atoms with Crippen LogP contribution < -0.4 is 9.47 Å². The normalized spacial score (nSPS) is 16.8. The number of rotatable bonds is 12. The lowest BCUT2D eigenvalue weighted by Gasteiger charge is -2.08. The monoisotopic (exact) mass is 460 g/mol. The Morgan fingerprint density at radius 1 is 0.824 bits per heavy atom. The SMILES string of the molecule is CCCCCCOc1ccc(-c2ncc(-c3ccc(OC(=O)C4OC4CCC)cc3)cn2)cc1. The van der Waals surface area contributed by atoms with Gasteiger partial charge in [0.15, 0.2) is 11.9 Å². The molecule has 1 aliphatic rings. The average molecular weight is 461 g/mol. The molecule has 1 saturated heterocycles. The number of unbranched alkanes of at least 4 members (excludes halogenated alkanes) is 3. The van der Waals surface area contributed by atoms with E-state index in [0.717, 1.165) is 48.3 Å². The molecule has 0 amide bonds. The van der Waals surface area contributed by atoms with Crippen LogP contribution in [-0.4, -0.2) is 34.8 Å². The van der Waals surface area contributed by atoms with E-state index in [4.69, 9.17) is 14.2 Å². The molecule has 0 saturated carbocycles. The molecule has 4 rings (SSSR count). The molecule has 0 bridgehead atoms. The van der Waals surface area contributed by atoms with E-state index in [1.165, 1.54) is 19.3 Å². The Balaban J connectivity index is 1.30. The lowest BCUT2D eigenvalue weighted by molar-refractivity contribution is -0.135. The van der Waals surface area contributed by atoms with Gasteiger partial charge in [-0.25, -0.2) is 14.8 Å². The number of hydrogen-bond acceptors (Lipinski definition) is 6. The van der Waals surface area contributed by atoms with Crippen LogP contribution in [0.2, 0.25) is 0 Å². The molecule has 1 aromatic heterocycles. The van der Waals surface area contributed by atoms with Crippen LogP contribution >= 0.6 is 0 Å². The Morgan fingerprint density at radius 3 is 2.18 bits per heavy atom. The summed E-state index contributed by atoms with van der Waals surface area (Å²) in [6, 6.07) is 15.2. The molecule has 2 aromatic carbocycles. The van der Waals surface area contributed by atoms with Gasteiger partial charge in [-0.3, -0.25) is 0 Å². The maximum Gasteiger partial charge on any atom is 0.343 e. The number of ether oxygens (including phenoxy) is 3. The molecule has 2 unspecified atom stereocenters. The number of epoxide rings is 1. The molecule has 6 nitrogen and oxygen atoms in total. The summed E-state index contributed by atoms with van der Waals surface area (Å²) in [5.41, 5.74) is 2.78. The number of carbonyl (C=O) groups excluding carboxylic acids is 1. The number of hydrogen-bond donors (Lipinski definition) is 0. The smallest absolute Gasteiger partial charge is 0.343 e. The predicted molar refractivity (Wildman–Crippen MR) is 132 cm³/mol. The van der Waals surface area contributed by atoms with Crippen molar-refractivity contribution in [3.05, 3.63) is 60.9 Å². The molecule has 0 aliphatic carbocycles. The minimum absolute atomic E-state index is 0.00622. The number of esters is 1. The quantitative estimate of drug-likeness (QED) is 0.138. The van der Waals surface area contributed by atoms with Gasteiger partial charge in [-0.05, 0) is 54.8 Å². The topological polar surface area (TPSA) is 73.8 Å². The number of aromatic nitrogens is 2. The van der Waals surface area contributed by atoms with Crippen LogP contribution in [0.15, 0.2) is 60.9 Å². The first kappa shape index (κ1) is 23.9. The molecular formula is C28H32N2O4. The highest BCUT2D eigenvalue weighted by Crippen LogP contribution is 2.29. The molecule has 1 fully saturated rings. The third-order valence-electron chi connectivity index (χ3n) is 5.83. The Bertz CT molecular complexity index is 1050. The second kappa shape index (κ2) is 11.7. The van der Waals surface area contributed by atoms with Crippen molar-refractivity contribution < 1.29 is 19.0 Å². The van der Waals surface area contributed by atoms with Crippen molar-refractivity contribution in [2.75, 3.05) is 6.61 Å². The van der Waals surface area contributed by atoms with Crippen molar-refractivity contribution >= 4 is 5.97 Å². The summed E-state index contributed by atoms with van der Waals surface area (Å²) >= 11 is 0. The molecule has 34 heavy (non-hydrogen) atoms. The molecule has 1 aliphatic heterocycles. The molecular weight excluding hydrogens is 428 g/mol. The molecule has 2 heterocycles. The Kier molecular flexibility index (Phi) is 8.26. The van der Waals surface area contributed by atoms with Crippen molar-refractivity contribution in [2.45, 2.75) is 64.6 Å². The van der Waals surface area contributed by atoms with E-state index in [9.17, 15) is 4.79 Å². The van der Waals surface area contributed by atoms with Gasteiger partial charge < -0.3 is 14.2 Å².